The zero-order valence-corrected chi connectivity index (χ0v) is 15.7. The molecular weight excluding hydrogens is 406 g/mol. The molecule has 25 heavy (non-hydrogen) atoms. The van der Waals surface area contributed by atoms with Gasteiger partial charge in [-0.3, -0.25) is 25.8 Å². The second-order valence-electron chi connectivity index (χ2n) is 5.04. The van der Waals surface area contributed by atoms with Gasteiger partial charge in [0.25, 0.3) is 11.8 Å². The Hall–Kier alpha value is -2.45. The number of aryl methyl sites for hydroxylation is 1. The third-order valence-electron chi connectivity index (χ3n) is 3.02. The molecule has 0 aliphatic heterocycles. The summed E-state index contributed by atoms with van der Waals surface area (Å²) in [5.74, 6) is -0.228. The maximum Gasteiger partial charge on any atom is 0.276 e. The second-order valence-corrected chi connectivity index (χ2v) is 6.30. The second kappa shape index (κ2) is 9.14. The summed E-state index contributed by atoms with van der Waals surface area (Å²) in [6.45, 7) is 1.75. The van der Waals surface area contributed by atoms with Crippen molar-refractivity contribution in [1.29, 1.82) is 0 Å². The van der Waals surface area contributed by atoms with Crippen LogP contribution < -0.4 is 20.9 Å². The van der Waals surface area contributed by atoms with E-state index in [-0.39, 0.29) is 11.7 Å². The van der Waals surface area contributed by atoms with Crippen molar-refractivity contribution in [3.05, 3.63) is 64.1 Å². The summed E-state index contributed by atoms with van der Waals surface area (Å²) < 4.78 is 6.00. The Morgan fingerprint density at radius 2 is 1.88 bits per heavy atom. The lowest BCUT2D eigenvalue weighted by Crippen LogP contribution is -2.49. The maximum absolute atomic E-state index is 12.1. The summed E-state index contributed by atoms with van der Waals surface area (Å²) in [5, 5.41) is 2.45. The Labute approximate surface area is 159 Å². The minimum absolute atomic E-state index is 0.0235. The van der Waals surface area contributed by atoms with Crippen LogP contribution in [0.3, 0.4) is 0 Å². The van der Waals surface area contributed by atoms with E-state index in [4.69, 9.17) is 17.0 Å². The Balaban J connectivity index is 1.75. The zero-order valence-electron chi connectivity index (χ0n) is 13.3. The molecule has 6 nitrogen and oxygen atoms in total. The van der Waals surface area contributed by atoms with Crippen molar-refractivity contribution in [1.82, 2.24) is 16.2 Å². The highest BCUT2D eigenvalue weighted by Gasteiger charge is 2.11. The molecular formula is C17H16BrN3O3S. The number of halogens is 1. The van der Waals surface area contributed by atoms with E-state index >= 15 is 0 Å². The van der Waals surface area contributed by atoms with Crippen molar-refractivity contribution in [2.75, 3.05) is 6.61 Å². The summed E-state index contributed by atoms with van der Waals surface area (Å²) >= 11 is 8.26. The topological polar surface area (TPSA) is 79.5 Å². The average Bonchev–Trinajstić information content (AvgIpc) is 2.58. The van der Waals surface area contributed by atoms with Crippen molar-refractivity contribution < 1.29 is 14.3 Å². The number of hydrogen-bond acceptors (Lipinski definition) is 4. The molecule has 2 aromatic carbocycles. The van der Waals surface area contributed by atoms with Gasteiger partial charge in [-0.05, 0) is 64.9 Å². The number of amides is 2. The van der Waals surface area contributed by atoms with Crippen molar-refractivity contribution in [2.24, 2.45) is 0 Å². The van der Waals surface area contributed by atoms with E-state index in [1.54, 1.807) is 30.3 Å². The normalized spacial score (nSPS) is 9.84. The Morgan fingerprint density at radius 3 is 2.60 bits per heavy atom. The molecule has 8 heteroatoms. The summed E-state index contributed by atoms with van der Waals surface area (Å²) in [4.78, 5) is 23.8. The fourth-order valence-electron chi connectivity index (χ4n) is 1.86. The highest BCUT2D eigenvalue weighted by atomic mass is 79.9. The van der Waals surface area contributed by atoms with Gasteiger partial charge in [0.15, 0.2) is 11.7 Å². The van der Waals surface area contributed by atoms with Crippen LogP contribution in [0.2, 0.25) is 0 Å². The third kappa shape index (κ3) is 6.17. The van der Waals surface area contributed by atoms with Gasteiger partial charge in [-0.1, -0.05) is 24.3 Å². The predicted octanol–water partition coefficient (Wildman–Crippen LogP) is 2.47. The lowest BCUT2D eigenvalue weighted by Gasteiger charge is -2.12. The number of benzene rings is 2. The number of carbonyl (C=O) groups is 2. The highest BCUT2D eigenvalue weighted by Crippen LogP contribution is 2.15. The van der Waals surface area contributed by atoms with Crippen LogP contribution in [0.25, 0.3) is 0 Å². The van der Waals surface area contributed by atoms with Crippen LogP contribution in [0.1, 0.15) is 15.9 Å². The van der Waals surface area contributed by atoms with E-state index in [1.807, 2.05) is 25.1 Å². The highest BCUT2D eigenvalue weighted by molar-refractivity contribution is 9.10. The van der Waals surface area contributed by atoms with Crippen molar-refractivity contribution in [3.8, 4) is 5.75 Å². The minimum Gasteiger partial charge on any atom is -0.484 e. The predicted molar refractivity (Wildman–Crippen MR) is 102 cm³/mol. The van der Waals surface area contributed by atoms with Crippen molar-refractivity contribution >= 4 is 45.1 Å². The smallest absolute Gasteiger partial charge is 0.276 e. The molecule has 0 atom stereocenters. The molecule has 0 saturated carbocycles. The molecule has 0 aliphatic rings. The Kier molecular flexibility index (Phi) is 6.91. The molecule has 130 valence electrons. The van der Waals surface area contributed by atoms with Crippen LogP contribution >= 0.6 is 28.1 Å². The number of carbonyl (C=O) groups excluding carboxylic acids is 2. The van der Waals surface area contributed by atoms with Gasteiger partial charge in [-0.15, -0.1) is 0 Å². The van der Waals surface area contributed by atoms with E-state index in [0.29, 0.717) is 15.8 Å². The van der Waals surface area contributed by atoms with Gasteiger partial charge in [-0.2, -0.15) is 0 Å². The summed E-state index contributed by atoms with van der Waals surface area (Å²) in [7, 11) is 0. The Bertz CT molecular complexity index is 798. The monoisotopic (exact) mass is 421 g/mol. The fourth-order valence-corrected chi connectivity index (χ4v) is 2.47. The van der Waals surface area contributed by atoms with Gasteiger partial charge in [-0.25, -0.2) is 0 Å². The van der Waals surface area contributed by atoms with E-state index in [1.165, 1.54) is 0 Å². The minimum atomic E-state index is -0.431. The molecule has 0 heterocycles. The summed E-state index contributed by atoms with van der Waals surface area (Å²) in [6.07, 6.45) is 0. The first kappa shape index (κ1) is 18.9. The molecule has 2 aromatic rings. The largest absolute Gasteiger partial charge is 0.484 e. The SMILES string of the molecule is Cc1cccc(OCC(=O)NNC(=S)NC(=O)c2ccccc2Br)c1. The molecule has 0 radical (unpaired) electrons. The van der Waals surface area contributed by atoms with Crippen molar-refractivity contribution in [2.45, 2.75) is 6.92 Å². The van der Waals surface area contributed by atoms with E-state index in [2.05, 4.69) is 32.1 Å². The zero-order chi connectivity index (χ0) is 18.2. The molecule has 0 spiro atoms. The summed E-state index contributed by atoms with van der Waals surface area (Å²) in [5.41, 5.74) is 6.28. The number of hydrogen-bond donors (Lipinski definition) is 3. The summed E-state index contributed by atoms with van der Waals surface area (Å²) in [6, 6.07) is 14.3. The molecule has 0 saturated heterocycles. The number of thiocarbonyl (C=S) groups is 1. The van der Waals surface area contributed by atoms with Crippen LogP contribution in [-0.4, -0.2) is 23.5 Å². The first-order valence-corrected chi connectivity index (χ1v) is 8.50. The number of nitrogens with one attached hydrogen (secondary N) is 3. The molecule has 0 bridgehead atoms. The Morgan fingerprint density at radius 1 is 1.12 bits per heavy atom. The van der Waals surface area contributed by atoms with Crippen LogP contribution in [0.15, 0.2) is 53.0 Å². The molecule has 0 aliphatic carbocycles. The van der Waals surface area contributed by atoms with Gasteiger partial charge in [0.2, 0.25) is 0 Å². The van der Waals surface area contributed by atoms with Gasteiger partial charge >= 0.3 is 0 Å². The van der Waals surface area contributed by atoms with Gasteiger partial charge in [0.05, 0.1) is 5.56 Å². The van der Waals surface area contributed by atoms with Crippen LogP contribution in [0.4, 0.5) is 0 Å². The third-order valence-corrected chi connectivity index (χ3v) is 3.92. The molecule has 0 aromatic heterocycles. The molecule has 2 amide bonds. The number of rotatable bonds is 4. The molecule has 0 unspecified atom stereocenters. The lowest BCUT2D eigenvalue weighted by molar-refractivity contribution is -0.123. The van der Waals surface area contributed by atoms with Crippen LogP contribution in [0.5, 0.6) is 5.75 Å². The first-order valence-electron chi connectivity index (χ1n) is 7.30. The standard InChI is InChI=1S/C17H16BrN3O3S/c1-11-5-4-6-12(9-11)24-10-15(22)20-21-17(25)19-16(23)13-7-2-3-8-14(13)18/h2-9H,10H2,1H3,(H,20,22)(H2,19,21,23,25). The number of hydrazine groups is 1. The van der Waals surface area contributed by atoms with E-state index in [9.17, 15) is 9.59 Å². The molecule has 0 fully saturated rings. The average molecular weight is 422 g/mol. The van der Waals surface area contributed by atoms with Gasteiger partial charge in [0.1, 0.15) is 5.75 Å². The van der Waals surface area contributed by atoms with Crippen molar-refractivity contribution in [3.63, 3.8) is 0 Å². The first-order chi connectivity index (χ1) is 12.0. The lowest BCUT2D eigenvalue weighted by atomic mass is 10.2. The fraction of sp³-hybridized carbons (Fsp3) is 0.118. The molecule has 2 rings (SSSR count). The van der Waals surface area contributed by atoms with Gasteiger partial charge in [0, 0.05) is 4.47 Å². The molecule has 3 N–H and O–H groups in total. The van der Waals surface area contributed by atoms with Gasteiger partial charge < -0.3 is 4.74 Å². The number of ether oxygens (including phenoxy) is 1. The van der Waals surface area contributed by atoms with E-state index in [0.717, 1.165) is 5.56 Å². The van der Waals surface area contributed by atoms with Crippen LogP contribution in [0, 0.1) is 6.92 Å². The maximum atomic E-state index is 12.1. The van der Waals surface area contributed by atoms with E-state index < -0.39 is 11.8 Å². The quantitative estimate of drug-likeness (QED) is 0.521. The van der Waals surface area contributed by atoms with Crippen LogP contribution in [-0.2, 0) is 4.79 Å².